The Kier molecular flexibility index (Phi) is 3.41. The molecule has 0 spiro atoms. The highest BCUT2D eigenvalue weighted by Gasteiger charge is 2.46. The Labute approximate surface area is 125 Å². The third kappa shape index (κ3) is 2.35. The van der Waals surface area contributed by atoms with Crippen molar-refractivity contribution in [2.45, 2.75) is 18.3 Å². The van der Waals surface area contributed by atoms with Gasteiger partial charge in [0.05, 0.1) is 11.6 Å². The van der Waals surface area contributed by atoms with Gasteiger partial charge >= 0.3 is 6.18 Å². The lowest BCUT2D eigenvalue weighted by atomic mass is 9.88. The fourth-order valence-corrected chi connectivity index (χ4v) is 2.61. The standard InChI is InChI=1S/C16H13F3N2O/c17-16(18,19)11-8-6-10(7-9-11)14-13(20)15(22)21(14)12-4-2-1-3-5-12/h1-9,13-14H,20H2/t13-,14+/m0/s1. The van der Waals surface area contributed by atoms with Crippen molar-refractivity contribution in [2.24, 2.45) is 5.73 Å². The molecule has 2 atom stereocenters. The number of amides is 1. The summed E-state index contributed by atoms with van der Waals surface area (Å²) < 4.78 is 37.8. The van der Waals surface area contributed by atoms with E-state index in [0.29, 0.717) is 11.3 Å². The second-order valence-corrected chi connectivity index (χ2v) is 5.13. The number of benzene rings is 2. The summed E-state index contributed by atoms with van der Waals surface area (Å²) in [5.74, 6) is -0.240. The number of hydrogen-bond donors (Lipinski definition) is 1. The van der Waals surface area contributed by atoms with Gasteiger partial charge in [-0.3, -0.25) is 4.79 Å². The van der Waals surface area contributed by atoms with E-state index in [-0.39, 0.29) is 5.91 Å². The number of hydrogen-bond acceptors (Lipinski definition) is 2. The third-order valence-electron chi connectivity index (χ3n) is 3.75. The molecule has 1 amide bonds. The smallest absolute Gasteiger partial charge is 0.318 e. The number of alkyl halides is 3. The summed E-state index contributed by atoms with van der Waals surface area (Å²) in [4.78, 5) is 13.5. The Hall–Kier alpha value is -2.34. The lowest BCUT2D eigenvalue weighted by Crippen LogP contribution is -2.63. The maximum Gasteiger partial charge on any atom is 0.416 e. The van der Waals surface area contributed by atoms with Crippen LogP contribution >= 0.6 is 0 Å². The van der Waals surface area contributed by atoms with Gasteiger partial charge in [0.15, 0.2) is 0 Å². The first-order chi connectivity index (χ1) is 10.4. The van der Waals surface area contributed by atoms with Crippen molar-refractivity contribution in [3.8, 4) is 0 Å². The molecule has 1 aliphatic heterocycles. The number of carbonyl (C=O) groups excluding carboxylic acids is 1. The van der Waals surface area contributed by atoms with Gasteiger partial charge in [0.25, 0.3) is 0 Å². The molecule has 114 valence electrons. The molecule has 1 aliphatic rings. The number of halogens is 3. The normalized spacial score (nSPS) is 21.6. The van der Waals surface area contributed by atoms with Crippen LogP contribution in [0.15, 0.2) is 54.6 Å². The van der Waals surface area contributed by atoms with Crippen molar-refractivity contribution >= 4 is 11.6 Å². The minimum absolute atomic E-state index is 0.240. The van der Waals surface area contributed by atoms with Crippen molar-refractivity contribution in [3.05, 3.63) is 65.7 Å². The van der Waals surface area contributed by atoms with Crippen LogP contribution < -0.4 is 10.6 Å². The predicted molar refractivity (Wildman–Crippen MR) is 76.1 cm³/mol. The van der Waals surface area contributed by atoms with Crippen molar-refractivity contribution in [1.29, 1.82) is 0 Å². The molecule has 1 heterocycles. The van der Waals surface area contributed by atoms with Gasteiger partial charge in [-0.2, -0.15) is 13.2 Å². The highest BCUT2D eigenvalue weighted by atomic mass is 19.4. The molecule has 0 radical (unpaired) electrons. The van der Waals surface area contributed by atoms with Crippen molar-refractivity contribution in [3.63, 3.8) is 0 Å². The number of nitrogens with zero attached hydrogens (tertiary/aromatic N) is 1. The van der Waals surface area contributed by atoms with Crippen LogP contribution in [0.2, 0.25) is 0 Å². The third-order valence-corrected chi connectivity index (χ3v) is 3.75. The first-order valence-electron chi connectivity index (χ1n) is 6.70. The molecule has 2 aromatic rings. The number of para-hydroxylation sites is 1. The number of rotatable bonds is 2. The quantitative estimate of drug-likeness (QED) is 0.867. The van der Waals surface area contributed by atoms with Gasteiger partial charge in [-0.15, -0.1) is 0 Å². The van der Waals surface area contributed by atoms with Gasteiger partial charge < -0.3 is 10.6 Å². The number of nitrogens with two attached hydrogens (primary N) is 1. The first-order valence-corrected chi connectivity index (χ1v) is 6.70. The van der Waals surface area contributed by atoms with E-state index in [1.807, 2.05) is 6.07 Å². The van der Waals surface area contributed by atoms with Crippen LogP contribution in [0.1, 0.15) is 17.2 Å². The van der Waals surface area contributed by atoms with E-state index in [1.165, 1.54) is 17.0 Å². The van der Waals surface area contributed by atoms with Gasteiger partial charge in [0.1, 0.15) is 6.04 Å². The van der Waals surface area contributed by atoms with Crippen LogP contribution in [0.5, 0.6) is 0 Å². The molecular weight excluding hydrogens is 293 g/mol. The summed E-state index contributed by atoms with van der Waals surface area (Å²) in [6.45, 7) is 0. The average molecular weight is 306 g/mol. The monoisotopic (exact) mass is 306 g/mol. The Balaban J connectivity index is 1.91. The summed E-state index contributed by atoms with van der Waals surface area (Å²) in [5, 5.41) is 0. The van der Waals surface area contributed by atoms with E-state index in [2.05, 4.69) is 0 Å². The Bertz CT molecular complexity index is 683. The van der Waals surface area contributed by atoms with Crippen molar-refractivity contribution in [2.75, 3.05) is 4.90 Å². The average Bonchev–Trinajstić information content (AvgIpc) is 2.51. The minimum Gasteiger partial charge on any atom is -0.318 e. The zero-order valence-electron chi connectivity index (χ0n) is 11.4. The zero-order valence-corrected chi connectivity index (χ0v) is 11.4. The van der Waals surface area contributed by atoms with E-state index in [0.717, 1.165) is 12.1 Å². The summed E-state index contributed by atoms with van der Waals surface area (Å²) in [6, 6.07) is 12.5. The van der Waals surface area contributed by atoms with E-state index in [1.54, 1.807) is 24.3 Å². The summed E-state index contributed by atoms with van der Waals surface area (Å²) in [5.41, 5.74) is 6.38. The van der Waals surface area contributed by atoms with Gasteiger partial charge in [-0.25, -0.2) is 0 Å². The fourth-order valence-electron chi connectivity index (χ4n) is 2.61. The van der Waals surface area contributed by atoms with Crippen molar-refractivity contribution < 1.29 is 18.0 Å². The molecule has 0 unspecified atom stereocenters. The van der Waals surface area contributed by atoms with Gasteiger partial charge in [0.2, 0.25) is 5.91 Å². The molecule has 2 aromatic carbocycles. The molecule has 0 saturated carbocycles. The van der Waals surface area contributed by atoms with Crippen LogP contribution in [-0.4, -0.2) is 11.9 Å². The topological polar surface area (TPSA) is 46.3 Å². The van der Waals surface area contributed by atoms with Crippen LogP contribution in [-0.2, 0) is 11.0 Å². The van der Waals surface area contributed by atoms with Gasteiger partial charge in [0, 0.05) is 5.69 Å². The molecule has 6 heteroatoms. The summed E-state index contributed by atoms with van der Waals surface area (Å²) >= 11 is 0. The Morgan fingerprint density at radius 1 is 0.955 bits per heavy atom. The van der Waals surface area contributed by atoms with Crippen molar-refractivity contribution in [1.82, 2.24) is 0 Å². The van der Waals surface area contributed by atoms with E-state index in [9.17, 15) is 18.0 Å². The Morgan fingerprint density at radius 3 is 2.09 bits per heavy atom. The molecule has 3 rings (SSSR count). The summed E-state index contributed by atoms with van der Waals surface area (Å²) in [7, 11) is 0. The first kappa shape index (κ1) is 14.6. The lowest BCUT2D eigenvalue weighted by molar-refractivity contribution is -0.137. The maximum absolute atomic E-state index is 12.6. The molecule has 0 aliphatic carbocycles. The Morgan fingerprint density at radius 2 is 1.55 bits per heavy atom. The highest BCUT2D eigenvalue weighted by molar-refractivity contribution is 6.05. The number of carbonyl (C=O) groups is 1. The van der Waals surface area contributed by atoms with E-state index >= 15 is 0 Å². The molecule has 0 bridgehead atoms. The fraction of sp³-hybridized carbons (Fsp3) is 0.188. The molecule has 1 fully saturated rings. The maximum atomic E-state index is 12.6. The van der Waals surface area contributed by atoms with Gasteiger partial charge in [-0.05, 0) is 29.8 Å². The lowest BCUT2D eigenvalue weighted by Gasteiger charge is -2.45. The van der Waals surface area contributed by atoms with E-state index < -0.39 is 23.8 Å². The molecule has 22 heavy (non-hydrogen) atoms. The van der Waals surface area contributed by atoms with Crippen LogP contribution in [0.25, 0.3) is 0 Å². The summed E-state index contributed by atoms with van der Waals surface area (Å²) in [6.07, 6.45) is -4.38. The molecule has 2 N–H and O–H groups in total. The molecule has 3 nitrogen and oxygen atoms in total. The highest BCUT2D eigenvalue weighted by Crippen LogP contribution is 2.39. The minimum atomic E-state index is -4.38. The van der Waals surface area contributed by atoms with Gasteiger partial charge in [-0.1, -0.05) is 30.3 Å². The van der Waals surface area contributed by atoms with Crippen LogP contribution in [0.4, 0.5) is 18.9 Å². The van der Waals surface area contributed by atoms with E-state index in [4.69, 9.17) is 5.73 Å². The largest absolute Gasteiger partial charge is 0.416 e. The second-order valence-electron chi connectivity index (χ2n) is 5.13. The molecule has 1 saturated heterocycles. The number of β-lactam (4-membered cyclic amide) rings is 1. The second kappa shape index (κ2) is 5.14. The molecule has 0 aromatic heterocycles. The predicted octanol–water partition coefficient (Wildman–Crippen LogP) is 3.12. The van der Waals surface area contributed by atoms with Crippen LogP contribution in [0.3, 0.4) is 0 Å². The zero-order chi connectivity index (χ0) is 15.9. The van der Waals surface area contributed by atoms with Crippen LogP contribution in [0, 0.1) is 0 Å². The SMILES string of the molecule is N[C@@H]1C(=O)N(c2ccccc2)[C@@H]1c1ccc(C(F)(F)F)cc1. The molecular formula is C16H13F3N2O. The number of anilines is 1.